The quantitative estimate of drug-likeness (QED) is 0.194. The number of carbonyl (C=O) groups is 2. The van der Waals surface area contributed by atoms with Gasteiger partial charge in [0, 0.05) is 0 Å². The predicted molar refractivity (Wildman–Crippen MR) is 135 cm³/mol. The highest BCUT2D eigenvalue weighted by Crippen LogP contribution is 2.42. The molecule has 14 nitrogen and oxygen atoms in total. The molecule has 3 heterocycles. The lowest BCUT2D eigenvalue weighted by Gasteiger charge is -2.48. The maximum Gasteiger partial charge on any atom is 0.322 e. The Labute approximate surface area is 228 Å². The number of aliphatic hydroxyl groups excluding tert-OH is 2. The molecular weight excluding hydrogens is 524 g/mol. The Morgan fingerprint density at radius 3 is 2.75 bits per heavy atom. The van der Waals surface area contributed by atoms with Crippen molar-refractivity contribution in [1.82, 2.24) is 19.9 Å². The Morgan fingerprint density at radius 1 is 1.32 bits per heavy atom. The molecule has 40 heavy (non-hydrogen) atoms. The van der Waals surface area contributed by atoms with Crippen LogP contribution in [0.4, 0.5) is 5.82 Å². The fraction of sp³-hybridized carbons (Fsp3) is 0.423. The lowest BCUT2D eigenvalue weighted by molar-refractivity contribution is -0.210. The number of carbonyl (C=O) groups excluding carboxylic acids is 2. The Balaban J connectivity index is 1.42. The van der Waals surface area contributed by atoms with Crippen LogP contribution < -0.4 is 15.8 Å². The molecule has 1 aromatic carbocycles. The van der Waals surface area contributed by atoms with Crippen molar-refractivity contribution >= 4 is 23.1 Å². The van der Waals surface area contributed by atoms with Crippen LogP contribution in [0.25, 0.3) is 5.52 Å². The van der Waals surface area contributed by atoms with E-state index >= 15 is 0 Å². The van der Waals surface area contributed by atoms with Crippen LogP contribution in [0, 0.1) is 11.3 Å². The minimum Gasteiger partial charge on any atom is -0.485 e. The number of ketones is 1. The van der Waals surface area contributed by atoms with E-state index < -0.39 is 60.1 Å². The summed E-state index contributed by atoms with van der Waals surface area (Å²) >= 11 is 0. The number of nitriles is 1. The molecule has 5 N–H and O–H groups in total. The number of nitrogens with zero attached hydrogens (tertiary/aromatic N) is 4. The van der Waals surface area contributed by atoms with Crippen LogP contribution in [-0.4, -0.2) is 86.5 Å². The maximum atomic E-state index is 13.0. The number of aromatic nitrogens is 3. The van der Waals surface area contributed by atoms with Gasteiger partial charge in [-0.3, -0.25) is 14.9 Å². The minimum absolute atomic E-state index is 0.0219. The van der Waals surface area contributed by atoms with Gasteiger partial charge in [0.1, 0.15) is 48.0 Å². The standard InChI is InChI=1S/C26H28N6O8/c1-14(24(36)37-2)31-26(19(33)10-20(26)39-15-6-4-3-5-7-15)38-11-17-21(34)22(35)25(12-27,40-17)18-9-8-16-23(28)29-13-30-32(16)18/h3-9,13-14,17,20-22,31,34-35H,10-11H2,1-2H3,(H2,28,29,30)/t14-,17+,20?,21+,22+,25-,26+/m0/s1. The molecule has 0 radical (unpaired) electrons. The molecule has 7 atom stereocenters. The number of hydrogen-bond donors (Lipinski definition) is 4. The normalized spacial score (nSPS) is 30.4. The van der Waals surface area contributed by atoms with Crippen LogP contribution in [0.3, 0.4) is 0 Å². The van der Waals surface area contributed by atoms with Crippen molar-refractivity contribution in [2.75, 3.05) is 19.5 Å². The maximum absolute atomic E-state index is 13.0. The van der Waals surface area contributed by atoms with E-state index in [9.17, 15) is 25.1 Å². The number of para-hydroxylation sites is 1. The summed E-state index contributed by atoms with van der Waals surface area (Å²) in [7, 11) is 1.21. The molecule has 0 bridgehead atoms. The molecule has 1 aliphatic carbocycles. The highest BCUT2D eigenvalue weighted by atomic mass is 16.6. The zero-order valence-electron chi connectivity index (χ0n) is 21.6. The second kappa shape index (κ2) is 10.5. The minimum atomic E-state index is -2.05. The van der Waals surface area contributed by atoms with E-state index in [4.69, 9.17) is 24.7 Å². The lowest BCUT2D eigenvalue weighted by Crippen LogP contribution is -2.74. The van der Waals surface area contributed by atoms with Crippen molar-refractivity contribution in [1.29, 1.82) is 5.26 Å². The Kier molecular flexibility index (Phi) is 7.17. The first-order valence-corrected chi connectivity index (χ1v) is 12.4. The highest BCUT2D eigenvalue weighted by molar-refractivity contribution is 5.95. The third kappa shape index (κ3) is 4.34. The van der Waals surface area contributed by atoms with E-state index in [1.165, 1.54) is 30.9 Å². The third-order valence-electron chi connectivity index (χ3n) is 7.21. The first-order valence-electron chi connectivity index (χ1n) is 12.4. The van der Waals surface area contributed by atoms with Crippen LogP contribution in [0.5, 0.6) is 5.75 Å². The van der Waals surface area contributed by atoms with Gasteiger partial charge in [0.15, 0.2) is 17.7 Å². The molecule has 1 saturated heterocycles. The SMILES string of the molecule is COC(=O)[C@H](C)N[C@@]1(OC[C@H]2O[C@@](C#N)(c3ccc4c(N)ncnn34)[C@H](O)[C@@H]2O)C(=O)CC1Oc1ccccc1. The number of benzene rings is 1. The van der Waals surface area contributed by atoms with Crippen LogP contribution in [0.1, 0.15) is 19.0 Å². The fourth-order valence-corrected chi connectivity index (χ4v) is 5.01. The van der Waals surface area contributed by atoms with Crippen molar-refractivity contribution in [3.63, 3.8) is 0 Å². The summed E-state index contributed by atoms with van der Waals surface area (Å²) in [5.74, 6) is -0.437. The van der Waals surface area contributed by atoms with E-state index in [0.29, 0.717) is 11.3 Å². The topological polar surface area (TPSA) is 204 Å². The Morgan fingerprint density at radius 2 is 2.08 bits per heavy atom. The summed E-state index contributed by atoms with van der Waals surface area (Å²) in [5, 5.41) is 39.1. The second-order valence-electron chi connectivity index (χ2n) is 9.58. The third-order valence-corrected chi connectivity index (χ3v) is 7.21. The van der Waals surface area contributed by atoms with Crippen molar-refractivity contribution in [2.45, 2.75) is 55.1 Å². The number of anilines is 1. The van der Waals surface area contributed by atoms with Crippen molar-refractivity contribution < 1.29 is 38.7 Å². The second-order valence-corrected chi connectivity index (χ2v) is 9.58. The van der Waals surface area contributed by atoms with Gasteiger partial charge in [0.05, 0.1) is 25.8 Å². The number of Topliss-reactive ketones (excluding diaryl/α,β-unsaturated/α-hetero) is 1. The molecule has 210 valence electrons. The smallest absolute Gasteiger partial charge is 0.322 e. The average Bonchev–Trinajstić information content (AvgIpc) is 3.51. The van der Waals surface area contributed by atoms with E-state index in [1.807, 2.05) is 6.07 Å². The molecule has 2 fully saturated rings. The zero-order chi connectivity index (χ0) is 28.7. The van der Waals surface area contributed by atoms with Crippen molar-refractivity contribution in [3.8, 4) is 11.8 Å². The first kappa shape index (κ1) is 27.4. The fourth-order valence-electron chi connectivity index (χ4n) is 5.01. The van der Waals surface area contributed by atoms with Crippen molar-refractivity contribution in [3.05, 3.63) is 54.5 Å². The molecule has 1 unspecified atom stereocenters. The first-order chi connectivity index (χ1) is 19.2. The number of esters is 1. The van der Waals surface area contributed by atoms with E-state index in [2.05, 4.69) is 15.4 Å². The van der Waals surface area contributed by atoms with Crippen LogP contribution in [0.15, 0.2) is 48.8 Å². The highest BCUT2D eigenvalue weighted by Gasteiger charge is 2.62. The molecule has 2 aromatic heterocycles. The van der Waals surface area contributed by atoms with E-state index in [1.54, 1.807) is 36.4 Å². The monoisotopic (exact) mass is 552 g/mol. The number of aliphatic hydroxyl groups is 2. The number of nitrogen functional groups attached to an aromatic ring is 1. The summed E-state index contributed by atoms with van der Waals surface area (Å²) in [4.78, 5) is 29.1. The van der Waals surface area contributed by atoms with Gasteiger partial charge in [-0.15, -0.1) is 0 Å². The molecule has 0 amide bonds. The van der Waals surface area contributed by atoms with Gasteiger partial charge in [-0.1, -0.05) is 18.2 Å². The average molecular weight is 553 g/mol. The summed E-state index contributed by atoms with van der Waals surface area (Å²) < 4.78 is 24.1. The molecule has 5 rings (SSSR count). The number of nitrogens with one attached hydrogen (secondary N) is 1. The Bertz CT molecular complexity index is 1460. The lowest BCUT2D eigenvalue weighted by atomic mass is 9.81. The summed E-state index contributed by atoms with van der Waals surface area (Å²) in [6, 6.07) is 12.8. The number of ether oxygens (including phenoxy) is 4. The van der Waals surface area contributed by atoms with E-state index in [0.717, 1.165) is 0 Å². The van der Waals surface area contributed by atoms with Crippen LogP contribution >= 0.6 is 0 Å². The van der Waals surface area contributed by atoms with Crippen molar-refractivity contribution in [2.24, 2.45) is 0 Å². The molecular formula is C26H28N6O8. The van der Waals surface area contributed by atoms with Gasteiger partial charge >= 0.3 is 5.97 Å². The number of fused-ring (bicyclic) bond motifs is 1. The van der Waals surface area contributed by atoms with Gasteiger partial charge in [0.25, 0.3) is 0 Å². The van der Waals surface area contributed by atoms with Gasteiger partial charge in [-0.05, 0) is 31.2 Å². The number of hydrogen-bond acceptors (Lipinski definition) is 13. The molecule has 0 spiro atoms. The molecule has 1 saturated carbocycles. The molecule has 14 heteroatoms. The molecule has 3 aromatic rings. The predicted octanol–water partition coefficient (Wildman–Crippen LogP) is -0.565. The van der Waals surface area contributed by atoms with Gasteiger partial charge < -0.3 is 34.9 Å². The largest absolute Gasteiger partial charge is 0.485 e. The zero-order valence-corrected chi connectivity index (χ0v) is 21.6. The number of rotatable bonds is 9. The summed E-state index contributed by atoms with van der Waals surface area (Å²) in [6.45, 7) is 1.04. The van der Waals surface area contributed by atoms with Gasteiger partial charge in [-0.25, -0.2) is 9.50 Å². The summed E-state index contributed by atoms with van der Waals surface area (Å²) in [5.41, 5.74) is 2.53. The number of methoxy groups -OCH3 is 1. The Hall–Kier alpha value is -4.13. The molecule has 2 aliphatic rings. The van der Waals surface area contributed by atoms with Gasteiger partial charge in [-0.2, -0.15) is 10.4 Å². The van der Waals surface area contributed by atoms with Crippen LogP contribution in [-0.2, 0) is 29.4 Å². The summed E-state index contributed by atoms with van der Waals surface area (Å²) in [6.07, 6.45) is -4.27. The van der Waals surface area contributed by atoms with Gasteiger partial charge in [0.2, 0.25) is 11.3 Å². The van der Waals surface area contributed by atoms with Crippen LogP contribution in [0.2, 0.25) is 0 Å². The number of nitrogens with two attached hydrogens (primary N) is 1. The molecule has 1 aliphatic heterocycles. The van der Waals surface area contributed by atoms with E-state index in [-0.39, 0.29) is 17.9 Å².